The zero-order valence-corrected chi connectivity index (χ0v) is 13.9. The number of carbonyl (C=O) groups excluding carboxylic acids is 1. The Labute approximate surface area is 143 Å². The number of carbonyl (C=O) groups is 1. The van der Waals surface area contributed by atoms with E-state index < -0.39 is 29.7 Å². The number of aliphatic hydroxyl groups is 1. The molecule has 0 spiro atoms. The number of nitrogens with zero attached hydrogens (tertiary/aromatic N) is 2. The fourth-order valence-electron chi connectivity index (χ4n) is 3.14. The summed E-state index contributed by atoms with van der Waals surface area (Å²) in [5, 5.41) is 10.00. The number of aryl methyl sites for hydroxylation is 1. The highest BCUT2D eigenvalue weighted by molar-refractivity contribution is 5.95. The molecule has 2 atom stereocenters. The van der Waals surface area contributed by atoms with E-state index in [1.54, 1.807) is 13.0 Å². The van der Waals surface area contributed by atoms with Gasteiger partial charge in [0.15, 0.2) is 0 Å². The van der Waals surface area contributed by atoms with Gasteiger partial charge in [-0.3, -0.25) is 4.79 Å². The molecule has 2 aromatic rings. The van der Waals surface area contributed by atoms with Gasteiger partial charge in [0.1, 0.15) is 11.6 Å². The molecule has 0 radical (unpaired) electrons. The highest BCUT2D eigenvalue weighted by atomic mass is 19.1. The van der Waals surface area contributed by atoms with E-state index in [1.807, 2.05) is 0 Å². The Morgan fingerprint density at radius 1 is 1.32 bits per heavy atom. The van der Waals surface area contributed by atoms with Gasteiger partial charge in [0, 0.05) is 29.4 Å². The molecule has 1 aliphatic rings. The third kappa shape index (κ3) is 3.46. The molecule has 1 aliphatic heterocycles. The lowest BCUT2D eigenvalue weighted by atomic mass is 10.0. The second-order valence-corrected chi connectivity index (χ2v) is 6.07. The van der Waals surface area contributed by atoms with Crippen LogP contribution in [-0.2, 0) is 0 Å². The largest absolute Gasteiger partial charge is 0.481 e. The first kappa shape index (κ1) is 17.3. The summed E-state index contributed by atoms with van der Waals surface area (Å²) >= 11 is 0. The van der Waals surface area contributed by atoms with Crippen molar-refractivity contribution in [2.45, 2.75) is 25.5 Å². The topological polar surface area (TPSA) is 62.7 Å². The number of benzene rings is 1. The van der Waals surface area contributed by atoms with Crippen molar-refractivity contribution in [3.8, 4) is 5.88 Å². The molecular weight excluding hydrogens is 330 g/mol. The standard InChI is InChI=1S/C18H18F2N2O3/c1-10-5-11(6-17(21-10)25-2)18(24)22-9-13(23)8-16(22)14-7-12(19)3-4-15(14)20/h3-7,13,16,23H,8-9H2,1-2H3/t13-,16+/m0/s1. The van der Waals surface area contributed by atoms with E-state index in [0.29, 0.717) is 11.3 Å². The van der Waals surface area contributed by atoms with Gasteiger partial charge in [-0.15, -0.1) is 0 Å². The van der Waals surface area contributed by atoms with E-state index >= 15 is 0 Å². The SMILES string of the molecule is COc1cc(C(=O)N2C[C@@H](O)C[C@@H]2c2cc(F)ccc2F)cc(C)n1. The molecule has 0 saturated carbocycles. The van der Waals surface area contributed by atoms with Crippen LogP contribution in [0, 0.1) is 18.6 Å². The lowest BCUT2D eigenvalue weighted by Gasteiger charge is -2.25. The van der Waals surface area contributed by atoms with Crippen LogP contribution in [0.25, 0.3) is 0 Å². The van der Waals surface area contributed by atoms with Gasteiger partial charge in [0.25, 0.3) is 5.91 Å². The summed E-state index contributed by atoms with van der Waals surface area (Å²) in [4.78, 5) is 18.4. The Kier molecular flexibility index (Phi) is 4.67. The second kappa shape index (κ2) is 6.76. The van der Waals surface area contributed by atoms with Gasteiger partial charge >= 0.3 is 0 Å². The molecule has 1 saturated heterocycles. The Morgan fingerprint density at radius 2 is 2.08 bits per heavy atom. The van der Waals surface area contributed by atoms with Gasteiger partial charge in [0.05, 0.1) is 19.3 Å². The summed E-state index contributed by atoms with van der Waals surface area (Å²) in [7, 11) is 1.45. The zero-order valence-electron chi connectivity index (χ0n) is 13.9. The van der Waals surface area contributed by atoms with Crippen LogP contribution >= 0.6 is 0 Å². The Morgan fingerprint density at radius 3 is 2.80 bits per heavy atom. The summed E-state index contributed by atoms with van der Waals surface area (Å²) < 4.78 is 32.8. The number of halogens is 2. The lowest BCUT2D eigenvalue weighted by molar-refractivity contribution is 0.0713. The van der Waals surface area contributed by atoms with Gasteiger partial charge in [-0.25, -0.2) is 13.8 Å². The predicted octanol–water partition coefficient (Wildman–Crippen LogP) is 2.62. The molecule has 1 amide bonds. The minimum atomic E-state index is -0.804. The second-order valence-electron chi connectivity index (χ2n) is 6.07. The van der Waals surface area contributed by atoms with E-state index in [2.05, 4.69) is 4.98 Å². The van der Waals surface area contributed by atoms with Gasteiger partial charge in [-0.05, 0) is 37.6 Å². The highest BCUT2D eigenvalue weighted by Crippen LogP contribution is 2.35. The van der Waals surface area contributed by atoms with Crippen LogP contribution in [0.1, 0.15) is 34.1 Å². The molecule has 0 unspecified atom stereocenters. The molecule has 7 heteroatoms. The summed E-state index contributed by atoms with van der Waals surface area (Å²) in [5.41, 5.74) is 0.971. The Balaban J connectivity index is 1.98. The van der Waals surface area contributed by atoms with E-state index in [4.69, 9.17) is 4.74 Å². The minimum Gasteiger partial charge on any atom is -0.481 e. The zero-order chi connectivity index (χ0) is 18.1. The number of hydrogen-bond donors (Lipinski definition) is 1. The first-order valence-electron chi connectivity index (χ1n) is 7.85. The van der Waals surface area contributed by atoms with Crippen LogP contribution in [0.4, 0.5) is 8.78 Å². The van der Waals surface area contributed by atoms with Crippen molar-refractivity contribution in [1.29, 1.82) is 0 Å². The maximum Gasteiger partial charge on any atom is 0.254 e. The minimum absolute atomic E-state index is 0.0448. The van der Waals surface area contributed by atoms with Crippen molar-refractivity contribution in [2.75, 3.05) is 13.7 Å². The number of likely N-dealkylation sites (tertiary alicyclic amines) is 1. The quantitative estimate of drug-likeness (QED) is 0.926. The number of pyridine rings is 1. The van der Waals surface area contributed by atoms with Crippen LogP contribution < -0.4 is 4.74 Å². The van der Waals surface area contributed by atoms with Gasteiger partial charge < -0.3 is 14.7 Å². The van der Waals surface area contributed by atoms with Gasteiger partial charge in [-0.1, -0.05) is 0 Å². The number of β-amino-alcohol motifs (C(OH)–C–C–N with tert-alkyl or cyclic N) is 1. The van der Waals surface area contributed by atoms with Crippen LogP contribution in [0.15, 0.2) is 30.3 Å². The van der Waals surface area contributed by atoms with Crippen LogP contribution in [-0.4, -0.2) is 40.7 Å². The van der Waals surface area contributed by atoms with E-state index in [1.165, 1.54) is 18.1 Å². The van der Waals surface area contributed by atoms with Crippen molar-refractivity contribution in [3.63, 3.8) is 0 Å². The molecule has 1 aromatic carbocycles. The van der Waals surface area contributed by atoms with Crippen molar-refractivity contribution in [2.24, 2.45) is 0 Å². The normalized spacial score (nSPS) is 20.0. The van der Waals surface area contributed by atoms with Crippen LogP contribution in [0.5, 0.6) is 5.88 Å². The molecule has 2 heterocycles. The fourth-order valence-corrected chi connectivity index (χ4v) is 3.14. The van der Waals surface area contributed by atoms with Crippen molar-refractivity contribution < 1.29 is 23.4 Å². The number of ether oxygens (including phenoxy) is 1. The third-order valence-corrected chi connectivity index (χ3v) is 4.24. The maximum absolute atomic E-state index is 14.2. The van der Waals surface area contributed by atoms with E-state index in [0.717, 1.165) is 18.2 Å². The van der Waals surface area contributed by atoms with E-state index in [9.17, 15) is 18.7 Å². The average Bonchev–Trinajstić information content (AvgIpc) is 2.97. The number of aliphatic hydroxyl groups excluding tert-OH is 1. The molecule has 132 valence electrons. The molecule has 25 heavy (non-hydrogen) atoms. The third-order valence-electron chi connectivity index (χ3n) is 4.24. The van der Waals surface area contributed by atoms with Crippen molar-refractivity contribution in [1.82, 2.24) is 9.88 Å². The first-order chi connectivity index (χ1) is 11.9. The molecule has 1 aromatic heterocycles. The van der Waals surface area contributed by atoms with Crippen LogP contribution in [0.2, 0.25) is 0 Å². The van der Waals surface area contributed by atoms with Crippen LogP contribution in [0.3, 0.4) is 0 Å². The number of hydrogen-bond acceptors (Lipinski definition) is 4. The van der Waals surface area contributed by atoms with Gasteiger partial charge in [0.2, 0.25) is 5.88 Å². The summed E-state index contributed by atoms with van der Waals surface area (Å²) in [6.45, 7) is 1.77. The molecule has 0 aliphatic carbocycles. The lowest BCUT2D eigenvalue weighted by Crippen LogP contribution is -2.32. The molecule has 1 fully saturated rings. The summed E-state index contributed by atoms with van der Waals surface area (Å²) in [5.74, 6) is -1.31. The molecular formula is C18H18F2N2O3. The van der Waals surface area contributed by atoms with Crippen molar-refractivity contribution in [3.05, 3.63) is 58.8 Å². The maximum atomic E-state index is 14.2. The average molecular weight is 348 g/mol. The first-order valence-corrected chi connectivity index (χ1v) is 7.85. The molecule has 1 N–H and O–H groups in total. The van der Waals surface area contributed by atoms with E-state index in [-0.39, 0.29) is 24.4 Å². The summed E-state index contributed by atoms with van der Waals surface area (Å²) in [6.07, 6.45) is -0.658. The smallest absolute Gasteiger partial charge is 0.254 e. The number of methoxy groups -OCH3 is 1. The molecule has 5 nitrogen and oxygen atoms in total. The number of rotatable bonds is 3. The van der Waals surface area contributed by atoms with Gasteiger partial charge in [-0.2, -0.15) is 0 Å². The summed E-state index contributed by atoms with van der Waals surface area (Å²) in [6, 6.07) is 5.45. The monoisotopic (exact) mass is 348 g/mol. The molecule has 3 rings (SSSR count). The Bertz CT molecular complexity index is 813. The number of amides is 1. The predicted molar refractivity (Wildman–Crippen MR) is 86.3 cm³/mol. The number of aromatic nitrogens is 1. The highest BCUT2D eigenvalue weighted by Gasteiger charge is 2.37. The molecule has 0 bridgehead atoms. The fraction of sp³-hybridized carbons (Fsp3) is 0.333. The Hall–Kier alpha value is -2.54. The van der Waals surface area contributed by atoms with Crippen molar-refractivity contribution >= 4 is 5.91 Å².